The Morgan fingerprint density at radius 3 is 2.43 bits per heavy atom. The molecule has 0 aliphatic carbocycles. The number of benzene rings is 1. The van der Waals surface area contributed by atoms with E-state index in [2.05, 4.69) is 0 Å². The van der Waals surface area contributed by atoms with Gasteiger partial charge in [0, 0.05) is 18.6 Å². The number of ether oxygens (including phenoxy) is 2. The molecule has 0 spiro atoms. The lowest BCUT2D eigenvalue weighted by atomic mass is 10.1. The van der Waals surface area contributed by atoms with Crippen molar-refractivity contribution in [2.24, 2.45) is 0 Å². The van der Waals surface area contributed by atoms with Gasteiger partial charge < -0.3 is 13.9 Å². The van der Waals surface area contributed by atoms with Gasteiger partial charge in [0.2, 0.25) is 12.1 Å². The molecule has 2 rings (SSSR count). The van der Waals surface area contributed by atoms with E-state index in [-0.39, 0.29) is 18.0 Å². The zero-order valence-corrected chi connectivity index (χ0v) is 12.1. The van der Waals surface area contributed by atoms with Gasteiger partial charge in [0.15, 0.2) is 11.5 Å². The quantitative estimate of drug-likeness (QED) is 0.425. The molecule has 1 aromatic carbocycles. The molecular formula is C16H18O5. The maximum absolute atomic E-state index is 12.1. The van der Waals surface area contributed by atoms with Gasteiger partial charge in [0.05, 0.1) is 6.42 Å². The van der Waals surface area contributed by atoms with E-state index in [1.165, 1.54) is 0 Å². The number of para-hydroxylation sites is 1. The molecule has 0 unspecified atom stereocenters. The van der Waals surface area contributed by atoms with E-state index >= 15 is 0 Å². The van der Waals surface area contributed by atoms with Crippen LogP contribution in [0.2, 0.25) is 0 Å². The summed E-state index contributed by atoms with van der Waals surface area (Å²) >= 11 is 0. The van der Waals surface area contributed by atoms with Crippen LogP contribution in [0.3, 0.4) is 0 Å². The molecule has 21 heavy (non-hydrogen) atoms. The number of carbonyl (C=O) groups is 2. The van der Waals surface area contributed by atoms with Crippen LogP contribution in [0, 0.1) is 0 Å². The van der Waals surface area contributed by atoms with Gasteiger partial charge in [0.1, 0.15) is 5.58 Å². The van der Waals surface area contributed by atoms with Crippen molar-refractivity contribution in [2.45, 2.75) is 26.6 Å². The highest BCUT2D eigenvalue weighted by Gasteiger charge is 2.24. The van der Waals surface area contributed by atoms with E-state index in [1.54, 1.807) is 26.0 Å². The molecule has 0 saturated carbocycles. The molecule has 112 valence electrons. The molecule has 0 fully saturated rings. The van der Waals surface area contributed by atoms with Gasteiger partial charge >= 0.3 is 0 Å². The number of Topliss-reactive ketones (excluding diaryl/α,β-unsaturated/α-hetero) is 2. The average molecular weight is 290 g/mol. The number of fused-ring (bicyclic) bond motifs is 1. The highest BCUT2D eigenvalue weighted by molar-refractivity contribution is 6.08. The number of hydrogen-bond acceptors (Lipinski definition) is 5. The molecule has 0 N–H and O–H groups in total. The van der Waals surface area contributed by atoms with E-state index in [0.29, 0.717) is 18.8 Å². The van der Waals surface area contributed by atoms with Crippen molar-refractivity contribution in [1.29, 1.82) is 0 Å². The standard InChI is InChI=1S/C16H18O5/c1-3-19-16(20-4-2)13(18)10-12(17)15-9-11-7-5-6-8-14(11)21-15/h5-9,16H,3-4,10H2,1-2H3. The number of carbonyl (C=O) groups excluding carboxylic acids is 2. The second-order valence-electron chi connectivity index (χ2n) is 4.46. The van der Waals surface area contributed by atoms with Crippen LogP contribution in [0.1, 0.15) is 30.8 Å². The van der Waals surface area contributed by atoms with Crippen LogP contribution in [0.5, 0.6) is 0 Å². The largest absolute Gasteiger partial charge is 0.453 e. The van der Waals surface area contributed by atoms with Gasteiger partial charge in [-0.1, -0.05) is 18.2 Å². The van der Waals surface area contributed by atoms with E-state index in [0.717, 1.165) is 5.39 Å². The van der Waals surface area contributed by atoms with Crippen molar-refractivity contribution in [3.05, 3.63) is 36.1 Å². The molecular weight excluding hydrogens is 272 g/mol. The summed E-state index contributed by atoms with van der Waals surface area (Å²) in [5.74, 6) is -0.596. The SMILES string of the molecule is CCOC(OCC)C(=O)CC(=O)c1cc2ccccc2o1. The molecule has 0 amide bonds. The van der Waals surface area contributed by atoms with Crippen LogP contribution in [-0.4, -0.2) is 31.1 Å². The predicted octanol–water partition coefficient (Wildman–Crippen LogP) is 2.97. The fourth-order valence-electron chi connectivity index (χ4n) is 1.98. The monoisotopic (exact) mass is 290 g/mol. The maximum atomic E-state index is 12.1. The lowest BCUT2D eigenvalue weighted by Crippen LogP contribution is -2.29. The summed E-state index contributed by atoms with van der Waals surface area (Å²) in [5, 5.41) is 0.833. The van der Waals surface area contributed by atoms with Crippen molar-refractivity contribution >= 4 is 22.5 Å². The van der Waals surface area contributed by atoms with Crippen LogP contribution >= 0.6 is 0 Å². The van der Waals surface area contributed by atoms with Gasteiger partial charge in [-0.05, 0) is 26.0 Å². The molecule has 2 aromatic rings. The van der Waals surface area contributed by atoms with Crippen molar-refractivity contribution in [2.75, 3.05) is 13.2 Å². The lowest BCUT2D eigenvalue weighted by Gasteiger charge is -2.14. The topological polar surface area (TPSA) is 65.7 Å². The van der Waals surface area contributed by atoms with E-state index in [1.807, 2.05) is 18.2 Å². The molecule has 0 atom stereocenters. The van der Waals surface area contributed by atoms with Gasteiger partial charge in [-0.15, -0.1) is 0 Å². The third kappa shape index (κ3) is 3.77. The highest BCUT2D eigenvalue weighted by atomic mass is 16.7. The highest BCUT2D eigenvalue weighted by Crippen LogP contribution is 2.20. The summed E-state index contributed by atoms with van der Waals surface area (Å²) in [7, 11) is 0. The Hall–Kier alpha value is -1.98. The van der Waals surface area contributed by atoms with Gasteiger partial charge in [-0.2, -0.15) is 0 Å². The summed E-state index contributed by atoms with van der Waals surface area (Å²) in [4.78, 5) is 24.1. The first-order valence-electron chi connectivity index (χ1n) is 6.93. The number of furan rings is 1. The summed E-state index contributed by atoms with van der Waals surface area (Å²) in [6.45, 7) is 4.21. The molecule has 1 heterocycles. The predicted molar refractivity (Wildman–Crippen MR) is 77.2 cm³/mol. The fourth-order valence-corrected chi connectivity index (χ4v) is 1.98. The third-order valence-electron chi connectivity index (χ3n) is 2.93. The Morgan fingerprint density at radius 2 is 1.81 bits per heavy atom. The Labute approximate surface area is 122 Å². The maximum Gasteiger partial charge on any atom is 0.218 e. The normalized spacial score (nSPS) is 11.2. The molecule has 0 aliphatic rings. The number of ketones is 2. The summed E-state index contributed by atoms with van der Waals surface area (Å²) in [5.41, 5.74) is 0.625. The van der Waals surface area contributed by atoms with E-state index in [4.69, 9.17) is 13.9 Å². The van der Waals surface area contributed by atoms with Crippen molar-refractivity contribution in [1.82, 2.24) is 0 Å². The number of rotatable bonds is 8. The van der Waals surface area contributed by atoms with Crippen LogP contribution in [0.4, 0.5) is 0 Å². The average Bonchev–Trinajstić information content (AvgIpc) is 2.91. The minimum absolute atomic E-state index is 0.177. The van der Waals surface area contributed by atoms with Gasteiger partial charge in [-0.25, -0.2) is 0 Å². The fraction of sp³-hybridized carbons (Fsp3) is 0.375. The zero-order chi connectivity index (χ0) is 15.2. The first-order valence-corrected chi connectivity index (χ1v) is 6.93. The number of hydrogen-bond donors (Lipinski definition) is 0. The minimum Gasteiger partial charge on any atom is -0.453 e. The summed E-state index contributed by atoms with van der Waals surface area (Å²) < 4.78 is 15.8. The molecule has 0 saturated heterocycles. The van der Waals surface area contributed by atoms with Gasteiger partial charge in [-0.3, -0.25) is 9.59 Å². The Bertz CT molecular complexity index is 589. The molecule has 5 nitrogen and oxygen atoms in total. The smallest absolute Gasteiger partial charge is 0.218 e. The molecule has 1 aromatic heterocycles. The first kappa shape index (κ1) is 15.4. The lowest BCUT2D eigenvalue weighted by molar-refractivity contribution is -0.167. The Kier molecular flexibility index (Phi) is 5.25. The minimum atomic E-state index is -0.992. The van der Waals surface area contributed by atoms with Crippen molar-refractivity contribution in [3.8, 4) is 0 Å². The molecule has 0 bridgehead atoms. The van der Waals surface area contributed by atoms with Crippen molar-refractivity contribution in [3.63, 3.8) is 0 Å². The Morgan fingerprint density at radius 1 is 1.14 bits per heavy atom. The zero-order valence-electron chi connectivity index (χ0n) is 12.1. The Balaban J connectivity index is 2.07. The van der Waals surface area contributed by atoms with Crippen LogP contribution < -0.4 is 0 Å². The second-order valence-corrected chi connectivity index (χ2v) is 4.46. The third-order valence-corrected chi connectivity index (χ3v) is 2.93. The molecule has 0 aliphatic heterocycles. The van der Waals surface area contributed by atoms with E-state index in [9.17, 15) is 9.59 Å². The first-order chi connectivity index (χ1) is 10.2. The van der Waals surface area contributed by atoms with Crippen LogP contribution in [-0.2, 0) is 14.3 Å². The van der Waals surface area contributed by atoms with Crippen molar-refractivity contribution < 1.29 is 23.5 Å². The van der Waals surface area contributed by atoms with Crippen LogP contribution in [0.15, 0.2) is 34.7 Å². The molecule has 0 radical (unpaired) electrons. The van der Waals surface area contributed by atoms with E-state index < -0.39 is 12.1 Å². The second kappa shape index (κ2) is 7.15. The summed E-state index contributed by atoms with van der Waals surface area (Å²) in [6.07, 6.45) is -1.29. The molecule has 5 heteroatoms. The summed E-state index contributed by atoms with van der Waals surface area (Å²) in [6, 6.07) is 8.95. The van der Waals surface area contributed by atoms with Crippen LogP contribution in [0.25, 0.3) is 11.0 Å². The van der Waals surface area contributed by atoms with Gasteiger partial charge in [0.25, 0.3) is 0 Å².